The summed E-state index contributed by atoms with van der Waals surface area (Å²) in [6.45, 7) is 0.155. The lowest BCUT2D eigenvalue weighted by molar-refractivity contribution is -0.121. The molecule has 0 bridgehead atoms. The summed E-state index contributed by atoms with van der Waals surface area (Å²) in [5, 5.41) is 32.2. The van der Waals surface area contributed by atoms with Crippen molar-refractivity contribution in [2.75, 3.05) is 17.2 Å². The van der Waals surface area contributed by atoms with Gasteiger partial charge in [-0.05, 0) is 36.4 Å². The molecule has 1 heterocycles. The number of phenols is 1. The molecule has 0 radical (unpaired) electrons. The van der Waals surface area contributed by atoms with E-state index in [9.17, 15) is 15.1 Å². The van der Waals surface area contributed by atoms with Gasteiger partial charge in [-0.1, -0.05) is 42.2 Å². The second kappa shape index (κ2) is 7.75. The van der Waals surface area contributed by atoms with E-state index in [2.05, 4.69) is 5.32 Å². The van der Waals surface area contributed by atoms with Gasteiger partial charge in [-0.2, -0.15) is 0 Å². The zero-order valence-corrected chi connectivity index (χ0v) is 15.0. The van der Waals surface area contributed by atoms with Crippen molar-refractivity contribution < 1.29 is 15.1 Å². The van der Waals surface area contributed by atoms with Gasteiger partial charge in [0.15, 0.2) is 0 Å². The van der Waals surface area contributed by atoms with Crippen LogP contribution in [-0.4, -0.2) is 32.1 Å². The number of amides is 1. The number of aromatic hydroxyl groups is 1. The zero-order chi connectivity index (χ0) is 18.7. The number of nitrogens with one attached hydrogen (secondary N) is 1. The molecule has 1 fully saturated rings. The molecule has 9 heteroatoms. The van der Waals surface area contributed by atoms with E-state index in [1.807, 2.05) is 0 Å². The third-order valence-electron chi connectivity index (χ3n) is 3.63. The quantitative estimate of drug-likeness (QED) is 0.407. The van der Waals surface area contributed by atoms with Gasteiger partial charge in [0.1, 0.15) is 10.1 Å². The molecule has 1 saturated heterocycles. The molecule has 1 aliphatic rings. The standard InChI is InChI=1S/C17H14N3O4S2/c21-14-4-2-1-3-11(14)9-15-16(22)19(17(25)26-15)10-18-12-5-7-13(8-6-12)20(23)24/h1-9,18,21,23H,10H2/q-1. The number of carbonyl (C=O) groups excluding carboxylic acids is 1. The molecular formula is C17H14N3O4S2-. The van der Waals surface area contributed by atoms with Crippen LogP contribution in [0.2, 0.25) is 0 Å². The molecule has 3 N–H and O–H groups in total. The summed E-state index contributed by atoms with van der Waals surface area (Å²) in [6, 6.07) is 12.8. The van der Waals surface area contributed by atoms with Gasteiger partial charge in [0.2, 0.25) is 0 Å². The molecule has 0 spiro atoms. The predicted octanol–water partition coefficient (Wildman–Crippen LogP) is 3.36. The van der Waals surface area contributed by atoms with Crippen molar-refractivity contribution in [3.63, 3.8) is 0 Å². The molecular weight excluding hydrogens is 374 g/mol. The van der Waals surface area contributed by atoms with Crippen molar-refractivity contribution >= 4 is 51.7 Å². The highest BCUT2D eigenvalue weighted by Gasteiger charge is 2.31. The van der Waals surface area contributed by atoms with Crippen LogP contribution in [0.5, 0.6) is 5.75 Å². The Balaban J connectivity index is 1.68. The fraction of sp³-hybridized carbons (Fsp3) is 0.0588. The maximum Gasteiger partial charge on any atom is 0.267 e. The number of benzene rings is 2. The van der Waals surface area contributed by atoms with E-state index in [0.29, 0.717) is 20.5 Å². The van der Waals surface area contributed by atoms with Crippen LogP contribution < -0.4 is 10.5 Å². The molecule has 0 unspecified atom stereocenters. The molecule has 7 nitrogen and oxygen atoms in total. The number of phenolic OH excluding ortho intramolecular Hbond substituents is 1. The summed E-state index contributed by atoms with van der Waals surface area (Å²) in [6.07, 6.45) is 1.60. The van der Waals surface area contributed by atoms with Crippen LogP contribution in [0.4, 0.5) is 11.4 Å². The second-order valence-electron chi connectivity index (χ2n) is 5.32. The van der Waals surface area contributed by atoms with E-state index in [4.69, 9.17) is 17.4 Å². The number of hydrogen-bond acceptors (Lipinski definition) is 8. The molecule has 134 valence electrons. The van der Waals surface area contributed by atoms with E-state index in [-0.39, 0.29) is 29.2 Å². The van der Waals surface area contributed by atoms with Gasteiger partial charge in [-0.3, -0.25) is 14.9 Å². The molecule has 0 aromatic heterocycles. The number of carbonyl (C=O) groups is 1. The minimum absolute atomic E-state index is 0.0901. The van der Waals surface area contributed by atoms with Crippen LogP contribution in [-0.2, 0) is 4.79 Å². The van der Waals surface area contributed by atoms with Crippen molar-refractivity contribution in [3.8, 4) is 5.75 Å². The fourth-order valence-corrected chi connectivity index (χ4v) is 3.51. The number of anilines is 2. The van der Waals surface area contributed by atoms with Crippen LogP contribution in [0.3, 0.4) is 0 Å². The molecule has 2 aromatic rings. The first-order valence-electron chi connectivity index (χ1n) is 7.49. The lowest BCUT2D eigenvalue weighted by Crippen LogP contribution is -2.33. The van der Waals surface area contributed by atoms with E-state index < -0.39 is 0 Å². The summed E-state index contributed by atoms with van der Waals surface area (Å²) < 4.78 is 0.405. The van der Waals surface area contributed by atoms with Crippen LogP contribution in [0.1, 0.15) is 5.56 Å². The molecule has 1 aliphatic heterocycles. The highest BCUT2D eigenvalue weighted by Crippen LogP contribution is 2.33. The first-order chi connectivity index (χ1) is 12.5. The number of thiocarbonyl (C=S) groups is 1. The smallest absolute Gasteiger partial charge is 0.267 e. The Kier molecular flexibility index (Phi) is 5.43. The Bertz CT molecular complexity index is 869. The Morgan fingerprint density at radius 1 is 1.23 bits per heavy atom. The fourth-order valence-electron chi connectivity index (χ4n) is 2.26. The van der Waals surface area contributed by atoms with Crippen molar-refractivity contribution in [1.29, 1.82) is 0 Å². The van der Waals surface area contributed by atoms with Gasteiger partial charge >= 0.3 is 0 Å². The number of para-hydroxylation sites is 1. The van der Waals surface area contributed by atoms with E-state index >= 15 is 0 Å². The van der Waals surface area contributed by atoms with Gasteiger partial charge in [0, 0.05) is 11.3 Å². The van der Waals surface area contributed by atoms with Crippen LogP contribution in [0.15, 0.2) is 53.4 Å². The third-order valence-corrected chi connectivity index (χ3v) is 5.00. The lowest BCUT2D eigenvalue weighted by Gasteiger charge is -2.22. The average Bonchev–Trinajstić information content (AvgIpc) is 2.89. The highest BCUT2D eigenvalue weighted by molar-refractivity contribution is 8.26. The topological polar surface area (TPSA) is 99.1 Å². The molecule has 0 saturated carbocycles. The van der Waals surface area contributed by atoms with E-state index in [0.717, 1.165) is 11.8 Å². The van der Waals surface area contributed by atoms with Gasteiger partial charge in [0.05, 0.1) is 17.3 Å². The van der Waals surface area contributed by atoms with Crippen molar-refractivity contribution in [3.05, 3.63) is 64.2 Å². The van der Waals surface area contributed by atoms with Crippen LogP contribution >= 0.6 is 24.0 Å². The van der Waals surface area contributed by atoms with E-state index in [1.54, 1.807) is 42.5 Å². The SMILES string of the molecule is O=C1C(=Cc2ccccc2O)SC(=S)N1CNc1ccc(N([O-])O)cc1. The predicted molar refractivity (Wildman–Crippen MR) is 106 cm³/mol. The molecule has 2 aromatic carbocycles. The summed E-state index contributed by atoms with van der Waals surface area (Å²) in [4.78, 5) is 14.4. The number of thioether (sulfide) groups is 1. The Labute approximate surface area is 159 Å². The van der Waals surface area contributed by atoms with Crippen molar-refractivity contribution in [1.82, 2.24) is 4.90 Å². The van der Waals surface area contributed by atoms with Crippen molar-refractivity contribution in [2.24, 2.45) is 0 Å². The highest BCUT2D eigenvalue weighted by atomic mass is 32.2. The summed E-state index contributed by atoms with van der Waals surface area (Å²) >= 11 is 6.42. The normalized spacial score (nSPS) is 15.6. The second-order valence-corrected chi connectivity index (χ2v) is 7.00. The lowest BCUT2D eigenvalue weighted by atomic mass is 10.2. The van der Waals surface area contributed by atoms with Gasteiger partial charge in [-0.15, -0.1) is 0 Å². The number of nitrogens with zero attached hydrogens (tertiary/aromatic N) is 2. The maximum absolute atomic E-state index is 12.5. The Hall–Kier alpha value is -2.59. The number of hydrogen-bond donors (Lipinski definition) is 3. The van der Waals surface area contributed by atoms with Gasteiger partial charge in [0.25, 0.3) is 5.91 Å². The zero-order valence-electron chi connectivity index (χ0n) is 13.3. The van der Waals surface area contributed by atoms with Crippen molar-refractivity contribution in [2.45, 2.75) is 0 Å². The summed E-state index contributed by atoms with van der Waals surface area (Å²) in [7, 11) is 0. The first kappa shape index (κ1) is 18.2. The molecule has 0 atom stereocenters. The van der Waals surface area contributed by atoms with Crippen LogP contribution in [0.25, 0.3) is 6.08 Å². The first-order valence-corrected chi connectivity index (χ1v) is 8.71. The minimum Gasteiger partial charge on any atom is -0.733 e. The molecule has 1 amide bonds. The molecule has 26 heavy (non-hydrogen) atoms. The number of rotatable bonds is 5. The maximum atomic E-state index is 12.5. The Morgan fingerprint density at radius 3 is 2.58 bits per heavy atom. The average molecular weight is 388 g/mol. The van der Waals surface area contributed by atoms with E-state index in [1.165, 1.54) is 17.0 Å². The minimum atomic E-state index is -0.256. The monoisotopic (exact) mass is 388 g/mol. The largest absolute Gasteiger partial charge is 0.733 e. The van der Waals surface area contributed by atoms with Gasteiger partial charge in [-0.25, -0.2) is 0 Å². The van der Waals surface area contributed by atoms with Gasteiger partial charge < -0.3 is 20.9 Å². The van der Waals surface area contributed by atoms with Crippen LogP contribution in [0, 0.1) is 5.21 Å². The summed E-state index contributed by atoms with van der Waals surface area (Å²) in [5.41, 5.74) is 1.31. The third kappa shape index (κ3) is 3.97. The summed E-state index contributed by atoms with van der Waals surface area (Å²) in [5.74, 6) is -0.166. The molecule has 3 rings (SSSR count). The Morgan fingerprint density at radius 2 is 1.92 bits per heavy atom. The molecule has 0 aliphatic carbocycles.